The fraction of sp³-hybridized carbons (Fsp3) is 0.667. The SMILES string of the molecule is CCn1nc(C(N)=O)cc1N(C(=O)OC(C)(C)C)C(C)(C)C. The summed E-state index contributed by atoms with van der Waals surface area (Å²) in [4.78, 5) is 25.5. The van der Waals surface area contributed by atoms with Crippen LogP contribution in [0.4, 0.5) is 10.6 Å². The molecule has 0 saturated heterocycles. The molecule has 0 aliphatic rings. The van der Waals surface area contributed by atoms with Crippen molar-refractivity contribution >= 4 is 17.8 Å². The lowest BCUT2D eigenvalue weighted by Crippen LogP contribution is -2.49. The Morgan fingerprint density at radius 1 is 1.27 bits per heavy atom. The first kappa shape index (κ1) is 18.0. The van der Waals surface area contributed by atoms with Crippen LogP contribution in [0.2, 0.25) is 0 Å². The maximum Gasteiger partial charge on any atom is 0.416 e. The lowest BCUT2D eigenvalue weighted by molar-refractivity contribution is 0.0547. The third-order valence-corrected chi connectivity index (χ3v) is 2.79. The molecule has 0 bridgehead atoms. The average molecular weight is 310 g/mol. The van der Waals surface area contributed by atoms with Crippen LogP contribution in [0.15, 0.2) is 6.07 Å². The maximum atomic E-state index is 12.6. The molecule has 0 unspecified atom stereocenters. The third kappa shape index (κ3) is 4.22. The zero-order valence-corrected chi connectivity index (χ0v) is 14.4. The van der Waals surface area contributed by atoms with Gasteiger partial charge in [0.15, 0.2) is 5.69 Å². The number of nitrogens with two attached hydrogens (primary N) is 1. The zero-order valence-electron chi connectivity index (χ0n) is 14.4. The van der Waals surface area contributed by atoms with Gasteiger partial charge in [-0.25, -0.2) is 9.48 Å². The fourth-order valence-electron chi connectivity index (χ4n) is 1.96. The van der Waals surface area contributed by atoms with Crippen molar-refractivity contribution in [2.75, 3.05) is 4.90 Å². The van der Waals surface area contributed by atoms with E-state index in [1.807, 2.05) is 27.7 Å². The number of hydrogen-bond donors (Lipinski definition) is 1. The molecule has 1 aromatic heterocycles. The molecule has 0 aliphatic carbocycles. The van der Waals surface area contributed by atoms with E-state index in [0.29, 0.717) is 12.4 Å². The van der Waals surface area contributed by atoms with Gasteiger partial charge in [-0.1, -0.05) is 0 Å². The molecule has 0 aliphatic heterocycles. The summed E-state index contributed by atoms with van der Waals surface area (Å²) in [6, 6.07) is 1.51. The van der Waals surface area contributed by atoms with Gasteiger partial charge in [0.2, 0.25) is 0 Å². The minimum atomic E-state index is -0.633. The zero-order chi connectivity index (χ0) is 17.3. The molecule has 2 N–H and O–H groups in total. The van der Waals surface area contributed by atoms with Crippen molar-refractivity contribution in [2.45, 2.75) is 66.2 Å². The Morgan fingerprint density at radius 3 is 2.18 bits per heavy atom. The van der Waals surface area contributed by atoms with Crippen molar-refractivity contribution in [3.05, 3.63) is 11.8 Å². The Kier molecular flexibility index (Phi) is 4.89. The molecule has 1 aromatic rings. The predicted molar refractivity (Wildman–Crippen MR) is 84.9 cm³/mol. The van der Waals surface area contributed by atoms with Gasteiger partial charge in [-0.15, -0.1) is 0 Å². The summed E-state index contributed by atoms with van der Waals surface area (Å²) in [6.07, 6.45) is -0.495. The number of nitrogens with zero attached hydrogens (tertiary/aromatic N) is 3. The second kappa shape index (κ2) is 5.98. The van der Waals surface area contributed by atoms with Gasteiger partial charge in [0.1, 0.15) is 11.4 Å². The van der Waals surface area contributed by atoms with E-state index in [-0.39, 0.29) is 5.69 Å². The van der Waals surface area contributed by atoms with Gasteiger partial charge >= 0.3 is 6.09 Å². The van der Waals surface area contributed by atoms with E-state index in [9.17, 15) is 9.59 Å². The summed E-state index contributed by atoms with van der Waals surface area (Å²) >= 11 is 0. The molecule has 124 valence electrons. The molecule has 0 fully saturated rings. The van der Waals surface area contributed by atoms with Crippen molar-refractivity contribution in [3.63, 3.8) is 0 Å². The molecule has 1 rings (SSSR count). The van der Waals surface area contributed by atoms with Gasteiger partial charge in [0.25, 0.3) is 5.91 Å². The van der Waals surface area contributed by atoms with Crippen LogP contribution in [0, 0.1) is 0 Å². The first-order valence-corrected chi connectivity index (χ1v) is 7.27. The van der Waals surface area contributed by atoms with Crippen LogP contribution < -0.4 is 10.6 Å². The number of rotatable bonds is 3. The molecule has 1 heterocycles. The standard InChI is InChI=1S/C15H26N4O3/c1-8-18-11(9-10(17-18)12(16)20)19(14(2,3)4)13(21)22-15(5,6)7/h9H,8H2,1-7H3,(H2,16,20). The van der Waals surface area contributed by atoms with Gasteiger partial charge in [-0.3, -0.25) is 9.69 Å². The van der Waals surface area contributed by atoms with E-state index in [1.165, 1.54) is 11.0 Å². The van der Waals surface area contributed by atoms with E-state index in [4.69, 9.17) is 10.5 Å². The van der Waals surface area contributed by atoms with Gasteiger partial charge in [-0.05, 0) is 48.5 Å². The molecular weight excluding hydrogens is 284 g/mol. The van der Waals surface area contributed by atoms with Gasteiger partial charge in [0, 0.05) is 18.2 Å². The van der Waals surface area contributed by atoms with E-state index in [0.717, 1.165) is 0 Å². The van der Waals surface area contributed by atoms with Crippen molar-refractivity contribution < 1.29 is 14.3 Å². The minimum Gasteiger partial charge on any atom is -0.443 e. The molecule has 0 saturated carbocycles. The summed E-state index contributed by atoms with van der Waals surface area (Å²) in [7, 11) is 0. The van der Waals surface area contributed by atoms with Crippen LogP contribution in [0.1, 0.15) is 59.0 Å². The van der Waals surface area contributed by atoms with Crippen molar-refractivity contribution in [1.82, 2.24) is 9.78 Å². The number of carbonyl (C=O) groups is 2. The van der Waals surface area contributed by atoms with Crippen LogP contribution in [-0.4, -0.2) is 32.9 Å². The number of hydrogen-bond acceptors (Lipinski definition) is 4. The lowest BCUT2D eigenvalue weighted by atomic mass is 10.1. The van der Waals surface area contributed by atoms with Crippen LogP contribution in [0.3, 0.4) is 0 Å². The molecule has 0 spiro atoms. The molecule has 7 heteroatoms. The molecule has 0 atom stereocenters. The fourth-order valence-corrected chi connectivity index (χ4v) is 1.96. The first-order valence-electron chi connectivity index (χ1n) is 7.27. The second-order valence-corrected chi connectivity index (χ2v) is 7.05. The maximum absolute atomic E-state index is 12.6. The largest absolute Gasteiger partial charge is 0.443 e. The van der Waals surface area contributed by atoms with Crippen LogP contribution in [0.5, 0.6) is 0 Å². The Balaban J connectivity index is 3.35. The molecule has 0 radical (unpaired) electrons. The number of aryl methyl sites for hydroxylation is 1. The first-order chi connectivity index (χ1) is 9.86. The predicted octanol–water partition coefficient (Wildman–Crippen LogP) is 2.54. The highest BCUT2D eigenvalue weighted by Gasteiger charge is 2.34. The van der Waals surface area contributed by atoms with Crippen molar-refractivity contribution in [1.29, 1.82) is 0 Å². The topological polar surface area (TPSA) is 90.5 Å². The smallest absolute Gasteiger partial charge is 0.416 e. The Bertz CT molecular complexity index is 564. The molecule has 7 nitrogen and oxygen atoms in total. The Morgan fingerprint density at radius 2 is 1.82 bits per heavy atom. The summed E-state index contributed by atoms with van der Waals surface area (Å²) in [5.41, 5.74) is 4.24. The molecule has 22 heavy (non-hydrogen) atoms. The van der Waals surface area contributed by atoms with Crippen LogP contribution >= 0.6 is 0 Å². The van der Waals surface area contributed by atoms with E-state index in [2.05, 4.69) is 5.10 Å². The van der Waals surface area contributed by atoms with Crippen LogP contribution in [0.25, 0.3) is 0 Å². The van der Waals surface area contributed by atoms with E-state index >= 15 is 0 Å². The van der Waals surface area contributed by atoms with Crippen molar-refractivity contribution in [2.24, 2.45) is 5.73 Å². The van der Waals surface area contributed by atoms with E-state index in [1.54, 1.807) is 25.5 Å². The monoisotopic (exact) mass is 310 g/mol. The van der Waals surface area contributed by atoms with Crippen molar-refractivity contribution in [3.8, 4) is 0 Å². The highest BCUT2D eigenvalue weighted by molar-refractivity contribution is 5.94. The highest BCUT2D eigenvalue weighted by atomic mass is 16.6. The normalized spacial score (nSPS) is 12.1. The third-order valence-electron chi connectivity index (χ3n) is 2.79. The van der Waals surface area contributed by atoms with Gasteiger partial charge < -0.3 is 10.5 Å². The second-order valence-electron chi connectivity index (χ2n) is 7.05. The van der Waals surface area contributed by atoms with Gasteiger partial charge in [-0.2, -0.15) is 5.10 Å². The Labute approximate surface area is 131 Å². The molecule has 0 aromatic carbocycles. The summed E-state index contributed by atoms with van der Waals surface area (Å²) in [5, 5.41) is 4.13. The molecular formula is C15H26N4O3. The highest BCUT2D eigenvalue weighted by Crippen LogP contribution is 2.27. The van der Waals surface area contributed by atoms with E-state index < -0.39 is 23.1 Å². The number of ether oxygens (including phenoxy) is 1. The molecule has 2 amide bonds. The Hall–Kier alpha value is -2.05. The summed E-state index contributed by atoms with van der Waals surface area (Å²) in [5.74, 6) is -0.149. The minimum absolute atomic E-state index is 0.120. The summed E-state index contributed by atoms with van der Waals surface area (Å²) in [6.45, 7) is 13.4. The average Bonchev–Trinajstić information content (AvgIpc) is 2.68. The number of anilines is 1. The summed E-state index contributed by atoms with van der Waals surface area (Å²) < 4.78 is 7.04. The quantitative estimate of drug-likeness (QED) is 0.928. The van der Waals surface area contributed by atoms with Crippen LogP contribution in [-0.2, 0) is 11.3 Å². The number of aromatic nitrogens is 2. The lowest BCUT2D eigenvalue weighted by Gasteiger charge is -2.36. The van der Waals surface area contributed by atoms with Gasteiger partial charge in [0.05, 0.1) is 0 Å². The number of primary amides is 1. The number of amides is 2. The number of carbonyl (C=O) groups excluding carboxylic acids is 2.